The standard InChI is InChI=1S/C20H29N5O3S.C2HF3O2/c26-18(23-11-15-3-4-15)20-7-1-10-25(29(27,28)17-5-6-17)13-16(20)12-24(14-20)19-21-8-2-9-22-19;3-2(4,5)1(6)7/h2,8-9,15-17H,1,3-7,10-14H2,(H,23,26);(H,6,7)/t16-,20+;/m1./s1. The molecular weight excluding hydrogens is 503 g/mol. The summed E-state index contributed by atoms with van der Waals surface area (Å²) in [4.78, 5) is 33.1. The first-order chi connectivity index (χ1) is 16.9. The van der Waals surface area contributed by atoms with Crippen LogP contribution < -0.4 is 10.2 Å². The van der Waals surface area contributed by atoms with E-state index in [9.17, 15) is 26.4 Å². The molecule has 14 heteroatoms. The van der Waals surface area contributed by atoms with Crippen molar-refractivity contribution < 1.29 is 36.3 Å². The highest BCUT2D eigenvalue weighted by atomic mass is 32.2. The average Bonchev–Trinajstić information content (AvgIpc) is 3.74. The van der Waals surface area contributed by atoms with E-state index in [0.717, 1.165) is 19.4 Å². The number of amides is 1. The van der Waals surface area contributed by atoms with Gasteiger partial charge in [0.1, 0.15) is 0 Å². The molecule has 1 aromatic rings. The number of carboxylic acids is 1. The van der Waals surface area contributed by atoms with Crippen LogP contribution in [-0.4, -0.2) is 83.8 Å². The van der Waals surface area contributed by atoms with Gasteiger partial charge in [-0.1, -0.05) is 0 Å². The molecule has 0 unspecified atom stereocenters. The van der Waals surface area contributed by atoms with E-state index >= 15 is 0 Å². The second kappa shape index (κ2) is 10.1. The lowest BCUT2D eigenvalue weighted by atomic mass is 9.74. The van der Waals surface area contributed by atoms with E-state index < -0.39 is 27.6 Å². The highest BCUT2D eigenvalue weighted by Gasteiger charge is 2.55. The van der Waals surface area contributed by atoms with Gasteiger partial charge in [-0.2, -0.15) is 13.2 Å². The monoisotopic (exact) mass is 533 g/mol. The number of nitrogens with one attached hydrogen (secondary N) is 1. The number of aromatic nitrogens is 2. The lowest BCUT2D eigenvalue weighted by Crippen LogP contribution is -2.48. The normalized spacial score (nSPS) is 26.9. The number of carboxylic acid groups (broad SMARTS) is 1. The van der Waals surface area contributed by atoms with E-state index in [1.807, 2.05) is 0 Å². The minimum atomic E-state index is -5.08. The van der Waals surface area contributed by atoms with Gasteiger partial charge in [0.25, 0.3) is 0 Å². The lowest BCUT2D eigenvalue weighted by molar-refractivity contribution is -0.192. The highest BCUT2D eigenvalue weighted by molar-refractivity contribution is 7.90. The molecule has 0 radical (unpaired) electrons. The van der Waals surface area contributed by atoms with Crippen molar-refractivity contribution in [2.45, 2.75) is 50.0 Å². The Balaban J connectivity index is 0.000000384. The molecule has 2 saturated carbocycles. The Kier molecular flexibility index (Phi) is 7.47. The molecule has 2 atom stereocenters. The van der Waals surface area contributed by atoms with Crippen LogP contribution in [-0.2, 0) is 19.6 Å². The minimum Gasteiger partial charge on any atom is -0.475 e. The molecule has 4 aliphatic rings. The number of hydrogen-bond acceptors (Lipinski definition) is 7. The predicted molar refractivity (Wildman–Crippen MR) is 122 cm³/mol. The molecule has 2 saturated heterocycles. The van der Waals surface area contributed by atoms with E-state index in [1.165, 1.54) is 12.8 Å². The van der Waals surface area contributed by atoms with E-state index in [4.69, 9.17) is 9.90 Å². The maximum atomic E-state index is 13.4. The number of nitrogens with zero attached hydrogens (tertiary/aromatic N) is 4. The molecule has 0 bridgehead atoms. The number of hydrogen-bond donors (Lipinski definition) is 2. The Morgan fingerprint density at radius 1 is 1.14 bits per heavy atom. The van der Waals surface area contributed by atoms with Gasteiger partial charge in [0, 0.05) is 51.0 Å². The Morgan fingerprint density at radius 3 is 2.33 bits per heavy atom. The number of carbonyl (C=O) groups is 2. The number of carbonyl (C=O) groups excluding carboxylic acids is 1. The molecule has 2 N–H and O–H groups in total. The Labute approximate surface area is 207 Å². The fourth-order valence-electron chi connectivity index (χ4n) is 4.92. The Morgan fingerprint density at radius 2 is 1.78 bits per heavy atom. The summed E-state index contributed by atoms with van der Waals surface area (Å²) >= 11 is 0. The molecule has 0 spiro atoms. The molecule has 3 heterocycles. The van der Waals surface area contributed by atoms with Crippen LogP contribution in [0.4, 0.5) is 19.1 Å². The first kappa shape index (κ1) is 26.6. The van der Waals surface area contributed by atoms with Crippen molar-refractivity contribution in [3.8, 4) is 0 Å². The smallest absolute Gasteiger partial charge is 0.475 e. The zero-order chi connectivity index (χ0) is 26.1. The lowest BCUT2D eigenvalue weighted by Gasteiger charge is -2.32. The molecule has 1 amide bonds. The number of anilines is 1. The first-order valence-corrected chi connectivity index (χ1v) is 13.5. The van der Waals surface area contributed by atoms with Crippen LogP contribution in [0.25, 0.3) is 0 Å². The largest absolute Gasteiger partial charge is 0.490 e. The average molecular weight is 534 g/mol. The summed E-state index contributed by atoms with van der Waals surface area (Å²) in [6.45, 7) is 2.83. The quantitative estimate of drug-likeness (QED) is 0.564. The molecule has 4 fully saturated rings. The van der Waals surface area contributed by atoms with E-state index in [2.05, 4.69) is 20.2 Å². The van der Waals surface area contributed by atoms with Crippen LogP contribution in [0.3, 0.4) is 0 Å². The van der Waals surface area contributed by atoms with E-state index in [1.54, 1.807) is 22.8 Å². The third-order valence-corrected chi connectivity index (χ3v) is 9.60. The van der Waals surface area contributed by atoms with Gasteiger partial charge in [-0.05, 0) is 50.5 Å². The molecule has 10 nitrogen and oxygen atoms in total. The van der Waals surface area contributed by atoms with Crippen LogP contribution >= 0.6 is 0 Å². The number of alkyl halides is 3. The van der Waals surface area contributed by atoms with Crippen molar-refractivity contribution in [1.82, 2.24) is 19.6 Å². The number of sulfonamides is 1. The predicted octanol–water partition coefficient (Wildman–Crippen LogP) is 1.65. The molecule has 5 rings (SSSR count). The van der Waals surface area contributed by atoms with Crippen LogP contribution in [0.5, 0.6) is 0 Å². The number of fused-ring (bicyclic) bond motifs is 1. The zero-order valence-corrected chi connectivity index (χ0v) is 20.5. The fraction of sp³-hybridized carbons (Fsp3) is 0.727. The van der Waals surface area contributed by atoms with Crippen molar-refractivity contribution in [1.29, 1.82) is 0 Å². The van der Waals surface area contributed by atoms with Gasteiger partial charge >= 0.3 is 12.1 Å². The van der Waals surface area contributed by atoms with Crippen molar-refractivity contribution in [2.24, 2.45) is 17.3 Å². The summed E-state index contributed by atoms with van der Waals surface area (Å²) in [7, 11) is -3.25. The van der Waals surface area contributed by atoms with Gasteiger partial charge in [0.05, 0.1) is 10.7 Å². The van der Waals surface area contributed by atoms with E-state index in [-0.39, 0.29) is 17.1 Å². The van der Waals surface area contributed by atoms with Crippen LogP contribution in [0.2, 0.25) is 0 Å². The van der Waals surface area contributed by atoms with Crippen molar-refractivity contribution in [2.75, 3.05) is 37.6 Å². The van der Waals surface area contributed by atoms with Crippen molar-refractivity contribution in [3.05, 3.63) is 18.5 Å². The second-order valence-electron chi connectivity index (χ2n) is 9.94. The van der Waals surface area contributed by atoms with Gasteiger partial charge < -0.3 is 15.3 Å². The van der Waals surface area contributed by atoms with Gasteiger partial charge in [-0.25, -0.2) is 27.5 Å². The molecular formula is C22H30F3N5O5S. The molecule has 200 valence electrons. The topological polar surface area (TPSA) is 133 Å². The molecule has 2 aliphatic carbocycles. The first-order valence-electron chi connectivity index (χ1n) is 12.0. The molecule has 1 aromatic heterocycles. The van der Waals surface area contributed by atoms with Gasteiger partial charge in [0.15, 0.2) is 0 Å². The third-order valence-electron chi connectivity index (χ3n) is 7.23. The summed E-state index contributed by atoms with van der Waals surface area (Å²) in [5, 5.41) is 10.1. The molecule has 2 aliphatic heterocycles. The molecule has 0 aromatic carbocycles. The maximum Gasteiger partial charge on any atom is 0.490 e. The SMILES string of the molecule is O=C(NCC1CC1)[C@]12CCCN(S(=O)(=O)C3CC3)C[C@H]1CN(c1ncccn1)C2.O=C(O)C(F)(F)F. The van der Waals surface area contributed by atoms with Crippen molar-refractivity contribution in [3.63, 3.8) is 0 Å². The van der Waals surface area contributed by atoms with E-state index in [0.29, 0.717) is 50.9 Å². The number of halogens is 3. The highest BCUT2D eigenvalue weighted by Crippen LogP contribution is 2.45. The third kappa shape index (κ3) is 5.90. The molecule has 36 heavy (non-hydrogen) atoms. The summed E-state index contributed by atoms with van der Waals surface area (Å²) in [5.74, 6) is -1.50. The van der Waals surface area contributed by atoms with Gasteiger partial charge in [-0.3, -0.25) is 4.79 Å². The fourth-order valence-corrected chi connectivity index (χ4v) is 6.84. The van der Waals surface area contributed by atoms with Gasteiger partial charge in [-0.15, -0.1) is 0 Å². The summed E-state index contributed by atoms with van der Waals surface area (Å²) in [5.41, 5.74) is -0.581. The van der Waals surface area contributed by atoms with Crippen LogP contribution in [0.15, 0.2) is 18.5 Å². The Bertz CT molecular complexity index is 1070. The number of aliphatic carboxylic acids is 1. The summed E-state index contributed by atoms with van der Waals surface area (Å²) in [6, 6.07) is 1.78. The minimum absolute atomic E-state index is 0.0541. The zero-order valence-electron chi connectivity index (χ0n) is 19.7. The second-order valence-corrected chi connectivity index (χ2v) is 12.2. The summed E-state index contributed by atoms with van der Waals surface area (Å²) in [6.07, 6.45) is 3.65. The summed E-state index contributed by atoms with van der Waals surface area (Å²) < 4.78 is 59.3. The van der Waals surface area contributed by atoms with Crippen molar-refractivity contribution >= 4 is 27.8 Å². The van der Waals surface area contributed by atoms with Crippen LogP contribution in [0, 0.1) is 17.3 Å². The Hall–Kier alpha value is -2.48. The van der Waals surface area contributed by atoms with Crippen LogP contribution in [0.1, 0.15) is 38.5 Å². The van der Waals surface area contributed by atoms with Gasteiger partial charge in [0.2, 0.25) is 21.9 Å². The maximum absolute atomic E-state index is 13.4. The number of rotatable bonds is 6.